The highest BCUT2D eigenvalue weighted by atomic mass is 35.5. The van der Waals surface area contributed by atoms with Crippen LogP contribution in [0.4, 0.5) is 10.1 Å². The molecule has 2 atom stereocenters. The van der Waals surface area contributed by atoms with Crippen molar-refractivity contribution in [2.24, 2.45) is 5.73 Å². The minimum Gasteiger partial charge on any atom is -0.380 e. The molecule has 3 aromatic rings. The molecular formula is C18H16ClFN4O. The van der Waals surface area contributed by atoms with Crippen molar-refractivity contribution >= 4 is 28.3 Å². The molecule has 3 rings (SSSR count). The van der Waals surface area contributed by atoms with Gasteiger partial charge in [0, 0.05) is 12.7 Å². The standard InChI is InChI=1S/C18H16ClFN4O/c1-9(25-3)16(21)18-23-14-7-5-11(15(19)17(14)24-18)10-4-6-13(22-2)12(20)8-10/h4-9,16H,21H2,1,3H3,(H,23,24)/t9-,16+/m1/s1. The van der Waals surface area contributed by atoms with Crippen LogP contribution in [0.25, 0.3) is 27.0 Å². The molecule has 0 saturated heterocycles. The van der Waals surface area contributed by atoms with Gasteiger partial charge in [-0.25, -0.2) is 14.2 Å². The topological polar surface area (TPSA) is 68.3 Å². The molecule has 0 aliphatic carbocycles. The SMILES string of the molecule is [C-]#[N+]c1ccc(-c2ccc3[nH]c([C@@H](N)[C@@H](C)OC)nc3c2Cl)cc1F. The average molecular weight is 359 g/mol. The Morgan fingerprint density at radius 3 is 2.76 bits per heavy atom. The molecule has 0 radical (unpaired) electrons. The Hall–Kier alpha value is -2.46. The Morgan fingerprint density at radius 2 is 2.12 bits per heavy atom. The maximum absolute atomic E-state index is 13.9. The van der Waals surface area contributed by atoms with Gasteiger partial charge in [-0.05, 0) is 24.6 Å². The summed E-state index contributed by atoms with van der Waals surface area (Å²) in [5, 5.41) is 0.396. The fourth-order valence-electron chi connectivity index (χ4n) is 2.58. The van der Waals surface area contributed by atoms with Crippen LogP contribution in [-0.2, 0) is 4.74 Å². The van der Waals surface area contributed by atoms with Gasteiger partial charge in [-0.15, -0.1) is 0 Å². The van der Waals surface area contributed by atoms with Gasteiger partial charge in [-0.3, -0.25) is 0 Å². The number of hydrogen-bond acceptors (Lipinski definition) is 3. The van der Waals surface area contributed by atoms with Crippen LogP contribution in [0.1, 0.15) is 18.8 Å². The number of aromatic amines is 1. The quantitative estimate of drug-likeness (QED) is 0.669. The third kappa shape index (κ3) is 3.10. The zero-order valence-corrected chi connectivity index (χ0v) is 14.4. The van der Waals surface area contributed by atoms with Crippen LogP contribution in [-0.4, -0.2) is 23.2 Å². The summed E-state index contributed by atoms with van der Waals surface area (Å²) in [6, 6.07) is 7.57. The second-order valence-corrected chi connectivity index (χ2v) is 6.07. The summed E-state index contributed by atoms with van der Waals surface area (Å²) in [7, 11) is 1.58. The first-order valence-corrected chi connectivity index (χ1v) is 7.98. The van der Waals surface area contributed by atoms with Crippen LogP contribution in [0.5, 0.6) is 0 Å². The number of ether oxygens (including phenoxy) is 1. The summed E-state index contributed by atoms with van der Waals surface area (Å²) < 4.78 is 19.1. The minimum atomic E-state index is -0.581. The number of fused-ring (bicyclic) bond motifs is 1. The predicted molar refractivity (Wildman–Crippen MR) is 96.2 cm³/mol. The fourth-order valence-corrected chi connectivity index (χ4v) is 2.89. The van der Waals surface area contributed by atoms with Crippen molar-refractivity contribution < 1.29 is 9.13 Å². The third-order valence-electron chi connectivity index (χ3n) is 4.18. The van der Waals surface area contributed by atoms with E-state index in [4.69, 9.17) is 28.6 Å². The highest BCUT2D eigenvalue weighted by molar-refractivity contribution is 6.37. The van der Waals surface area contributed by atoms with E-state index >= 15 is 0 Å². The lowest BCUT2D eigenvalue weighted by molar-refractivity contribution is 0.0935. The maximum atomic E-state index is 13.9. The number of aromatic nitrogens is 2. The molecule has 0 bridgehead atoms. The highest BCUT2D eigenvalue weighted by Crippen LogP contribution is 2.35. The first-order chi connectivity index (χ1) is 12.0. The minimum absolute atomic E-state index is 0.0254. The smallest absolute Gasteiger partial charge is 0.222 e. The largest absolute Gasteiger partial charge is 0.380 e. The fraction of sp³-hybridized carbons (Fsp3) is 0.222. The zero-order chi connectivity index (χ0) is 18.1. The molecule has 0 fully saturated rings. The van der Waals surface area contributed by atoms with Crippen molar-refractivity contribution in [2.75, 3.05) is 7.11 Å². The first-order valence-electron chi connectivity index (χ1n) is 7.60. The molecule has 1 heterocycles. The number of nitrogens with one attached hydrogen (secondary N) is 1. The van der Waals surface area contributed by atoms with Crippen molar-refractivity contribution in [3.05, 3.63) is 58.4 Å². The highest BCUT2D eigenvalue weighted by Gasteiger charge is 2.20. The van der Waals surface area contributed by atoms with E-state index in [0.717, 1.165) is 5.52 Å². The normalized spacial score (nSPS) is 13.6. The van der Waals surface area contributed by atoms with Crippen LogP contribution in [0.15, 0.2) is 30.3 Å². The Bertz CT molecular complexity index is 979. The third-order valence-corrected chi connectivity index (χ3v) is 4.57. The van der Waals surface area contributed by atoms with E-state index in [1.807, 2.05) is 13.0 Å². The number of halogens is 2. The monoisotopic (exact) mass is 358 g/mol. The van der Waals surface area contributed by atoms with Crippen LogP contribution >= 0.6 is 11.6 Å². The van der Waals surface area contributed by atoms with Crippen molar-refractivity contribution in [3.8, 4) is 11.1 Å². The van der Waals surface area contributed by atoms with Gasteiger partial charge in [-0.1, -0.05) is 29.8 Å². The molecule has 0 aliphatic heterocycles. The first kappa shape index (κ1) is 17.4. The number of H-pyrrole nitrogens is 1. The summed E-state index contributed by atoms with van der Waals surface area (Å²) >= 11 is 6.50. The van der Waals surface area contributed by atoms with Crippen molar-refractivity contribution in [3.63, 3.8) is 0 Å². The molecule has 5 nitrogen and oxygen atoms in total. The van der Waals surface area contributed by atoms with Gasteiger partial charge in [0.25, 0.3) is 0 Å². The molecule has 0 spiro atoms. The average Bonchev–Trinajstić information content (AvgIpc) is 3.05. The predicted octanol–water partition coefficient (Wildman–Crippen LogP) is 4.61. The van der Waals surface area contributed by atoms with E-state index in [0.29, 0.717) is 27.5 Å². The molecule has 128 valence electrons. The summed E-state index contributed by atoms with van der Waals surface area (Å²) in [6.45, 7) is 8.78. The summed E-state index contributed by atoms with van der Waals surface area (Å²) in [6.07, 6.45) is -0.214. The maximum Gasteiger partial charge on any atom is 0.222 e. The Kier molecular flexibility index (Phi) is 4.73. The lowest BCUT2D eigenvalue weighted by Crippen LogP contribution is -2.26. The second-order valence-electron chi connectivity index (χ2n) is 5.69. The molecule has 0 unspecified atom stereocenters. The van der Waals surface area contributed by atoms with Gasteiger partial charge in [0.05, 0.1) is 29.3 Å². The number of methoxy groups -OCH3 is 1. The number of imidazole rings is 1. The van der Waals surface area contributed by atoms with Crippen molar-refractivity contribution in [1.29, 1.82) is 0 Å². The van der Waals surface area contributed by atoms with E-state index in [1.165, 1.54) is 12.1 Å². The van der Waals surface area contributed by atoms with Crippen LogP contribution in [0, 0.1) is 12.4 Å². The summed E-state index contributed by atoms with van der Waals surface area (Å²) in [5.74, 6) is -0.0137. The number of hydrogen-bond donors (Lipinski definition) is 2. The van der Waals surface area contributed by atoms with Gasteiger partial charge < -0.3 is 15.5 Å². The molecule has 7 heteroatoms. The van der Waals surface area contributed by atoms with Gasteiger partial charge >= 0.3 is 0 Å². The molecule has 25 heavy (non-hydrogen) atoms. The molecule has 2 aromatic carbocycles. The summed E-state index contributed by atoms with van der Waals surface area (Å²) in [4.78, 5) is 10.8. The van der Waals surface area contributed by atoms with Gasteiger partial charge in [-0.2, -0.15) is 0 Å². The van der Waals surface area contributed by atoms with Gasteiger partial charge in [0.1, 0.15) is 17.2 Å². The molecule has 0 amide bonds. The zero-order valence-electron chi connectivity index (χ0n) is 13.7. The van der Waals surface area contributed by atoms with Gasteiger partial charge in [0.15, 0.2) is 0 Å². The van der Waals surface area contributed by atoms with Crippen LogP contribution in [0.3, 0.4) is 0 Å². The Balaban J connectivity index is 2.08. The van der Waals surface area contributed by atoms with E-state index in [2.05, 4.69) is 14.8 Å². The molecule has 3 N–H and O–H groups in total. The molecule has 0 saturated carbocycles. The van der Waals surface area contributed by atoms with Gasteiger partial charge in [0.2, 0.25) is 5.69 Å². The lowest BCUT2D eigenvalue weighted by Gasteiger charge is -2.15. The lowest BCUT2D eigenvalue weighted by atomic mass is 10.0. The number of nitrogens with two attached hydrogens (primary N) is 1. The van der Waals surface area contributed by atoms with E-state index < -0.39 is 11.9 Å². The van der Waals surface area contributed by atoms with E-state index in [1.54, 1.807) is 19.2 Å². The van der Waals surface area contributed by atoms with Crippen LogP contribution in [0.2, 0.25) is 5.02 Å². The van der Waals surface area contributed by atoms with Crippen molar-refractivity contribution in [1.82, 2.24) is 9.97 Å². The summed E-state index contributed by atoms with van der Waals surface area (Å²) in [5.41, 5.74) is 8.61. The van der Waals surface area contributed by atoms with E-state index in [9.17, 15) is 4.39 Å². The Labute approximate surface area is 149 Å². The second kappa shape index (κ2) is 6.81. The number of benzene rings is 2. The van der Waals surface area contributed by atoms with Crippen LogP contribution < -0.4 is 5.73 Å². The van der Waals surface area contributed by atoms with Crippen molar-refractivity contribution in [2.45, 2.75) is 19.1 Å². The molecule has 1 aromatic heterocycles. The number of rotatable bonds is 4. The molecule has 0 aliphatic rings. The number of nitrogens with zero attached hydrogens (tertiary/aromatic N) is 2. The molecular weight excluding hydrogens is 343 g/mol. The van der Waals surface area contributed by atoms with E-state index in [-0.39, 0.29) is 11.8 Å². The Morgan fingerprint density at radius 1 is 1.36 bits per heavy atom.